The van der Waals surface area contributed by atoms with E-state index in [0.717, 1.165) is 0 Å². The highest BCUT2D eigenvalue weighted by Crippen LogP contribution is 2.32. The lowest BCUT2D eigenvalue weighted by Crippen LogP contribution is -2.20. The lowest BCUT2D eigenvalue weighted by Gasteiger charge is -2.18. The smallest absolute Gasteiger partial charge is 0.0402 e. The van der Waals surface area contributed by atoms with E-state index in [0.29, 0.717) is 0 Å². The zero-order valence-electron chi connectivity index (χ0n) is 19.5. The highest BCUT2D eigenvalue weighted by molar-refractivity contribution is 7.79. The first-order valence-corrected chi connectivity index (χ1v) is 12.8. The summed E-state index contributed by atoms with van der Waals surface area (Å²) in [6, 6.07) is 53.1. The van der Waals surface area contributed by atoms with Gasteiger partial charge in [-0.1, -0.05) is 152 Å². The van der Waals surface area contributed by atoms with Gasteiger partial charge in [-0.05, 0) is 41.9 Å². The van der Waals surface area contributed by atoms with Gasteiger partial charge in [0.2, 0.25) is 0 Å². The van der Waals surface area contributed by atoms with Crippen LogP contribution in [0.25, 0.3) is 11.1 Å². The molecule has 1 nitrogen and oxygen atoms in total. The van der Waals surface area contributed by atoms with Gasteiger partial charge in [0.05, 0.1) is 0 Å². The van der Waals surface area contributed by atoms with Gasteiger partial charge in [0.25, 0.3) is 0 Å². The van der Waals surface area contributed by atoms with E-state index in [1.54, 1.807) is 6.92 Å². The van der Waals surface area contributed by atoms with Crippen molar-refractivity contribution >= 4 is 23.8 Å². The first-order chi connectivity index (χ1) is 16.8. The summed E-state index contributed by atoms with van der Waals surface area (Å²) < 4.78 is 0. The Morgan fingerprint density at radius 3 is 0.853 bits per heavy atom. The summed E-state index contributed by atoms with van der Waals surface area (Å²) in [5, 5.41) is 11.8. The quantitative estimate of drug-likeness (QED) is 0.291. The van der Waals surface area contributed by atoms with Crippen molar-refractivity contribution in [1.29, 1.82) is 0 Å². The van der Waals surface area contributed by atoms with Gasteiger partial charge in [-0.15, -0.1) is 0 Å². The molecule has 0 saturated carbocycles. The molecule has 0 saturated heterocycles. The summed E-state index contributed by atoms with van der Waals surface area (Å²) in [6.07, 6.45) is 0. The highest BCUT2D eigenvalue weighted by atomic mass is 31.1. The zero-order chi connectivity index (χ0) is 23.8. The number of hydrogen-bond donors (Lipinski definition) is 1. The van der Waals surface area contributed by atoms with E-state index in [-0.39, 0.29) is 6.61 Å². The maximum atomic E-state index is 7.57. The third-order valence-corrected chi connectivity index (χ3v) is 7.37. The fourth-order valence-electron chi connectivity index (χ4n) is 3.44. The Bertz CT molecular complexity index is 1030. The molecule has 0 heterocycles. The minimum Gasteiger partial charge on any atom is -0.397 e. The third kappa shape index (κ3) is 7.81. The summed E-state index contributed by atoms with van der Waals surface area (Å²) in [5.41, 5.74) is 2.55. The van der Waals surface area contributed by atoms with Crippen LogP contribution < -0.4 is 15.9 Å². The molecule has 2 heteroatoms. The van der Waals surface area contributed by atoms with Gasteiger partial charge in [-0.2, -0.15) is 0 Å². The molecule has 170 valence electrons. The molecule has 0 aliphatic rings. The Balaban J connectivity index is 0.000000185. The van der Waals surface area contributed by atoms with Crippen LogP contribution in [0.3, 0.4) is 0 Å². The number of rotatable bonds is 4. The van der Waals surface area contributed by atoms with Crippen molar-refractivity contribution in [3.8, 4) is 11.1 Å². The van der Waals surface area contributed by atoms with Crippen molar-refractivity contribution in [2.75, 3.05) is 6.61 Å². The van der Waals surface area contributed by atoms with Gasteiger partial charge in [-0.3, -0.25) is 0 Å². The molecule has 0 spiro atoms. The van der Waals surface area contributed by atoms with Crippen molar-refractivity contribution in [3.63, 3.8) is 0 Å². The van der Waals surface area contributed by atoms with Gasteiger partial charge in [0.1, 0.15) is 0 Å². The second-order valence-corrected chi connectivity index (χ2v) is 9.61. The van der Waals surface area contributed by atoms with E-state index in [9.17, 15) is 0 Å². The van der Waals surface area contributed by atoms with Crippen LogP contribution in [0.5, 0.6) is 0 Å². The maximum absolute atomic E-state index is 7.57. The number of hydrogen-bond acceptors (Lipinski definition) is 1. The molecule has 5 aromatic carbocycles. The fourth-order valence-corrected chi connectivity index (χ4v) is 5.74. The molecule has 5 aromatic rings. The number of benzene rings is 5. The molecule has 0 aliphatic carbocycles. The standard InChI is InChI=1S/C18H15P.C12H10.C2H6O/c1-4-10-16(11-5-1)19(17-12-6-2-7-13-17)18-14-8-3-9-15-18;1-3-7-11(8-4-1)12-9-5-2-6-10-12;1-2-3/h1-15H;1-10H;3H,2H2,1H3. The summed E-state index contributed by atoms with van der Waals surface area (Å²) in [4.78, 5) is 0. The normalized spacial score (nSPS) is 9.85. The van der Waals surface area contributed by atoms with E-state index in [1.165, 1.54) is 27.0 Å². The molecule has 0 radical (unpaired) electrons. The Kier molecular flexibility index (Phi) is 10.8. The SMILES string of the molecule is CCO.c1ccc(-c2ccccc2)cc1.c1ccc(P(c2ccccc2)c2ccccc2)cc1. The first kappa shape index (κ1) is 25.1. The predicted octanol–water partition coefficient (Wildman–Crippen LogP) is 6.80. The van der Waals surface area contributed by atoms with Crippen molar-refractivity contribution < 1.29 is 5.11 Å². The summed E-state index contributed by atoms with van der Waals surface area (Å²) in [7, 11) is -0.446. The lowest BCUT2D eigenvalue weighted by atomic mass is 10.1. The van der Waals surface area contributed by atoms with Crippen LogP contribution in [0.15, 0.2) is 152 Å². The van der Waals surface area contributed by atoms with E-state index in [2.05, 4.69) is 140 Å². The van der Waals surface area contributed by atoms with Crippen LogP contribution in [0.1, 0.15) is 6.92 Å². The summed E-state index contributed by atoms with van der Waals surface area (Å²) in [5.74, 6) is 0. The molecule has 34 heavy (non-hydrogen) atoms. The molecular formula is C32H31OP. The number of aliphatic hydroxyl groups is 1. The largest absolute Gasteiger partial charge is 0.397 e. The summed E-state index contributed by atoms with van der Waals surface area (Å²) >= 11 is 0. The van der Waals surface area contributed by atoms with E-state index in [1.807, 2.05) is 12.1 Å². The van der Waals surface area contributed by atoms with Crippen LogP contribution in [-0.4, -0.2) is 11.7 Å². The molecular weight excluding hydrogens is 431 g/mol. The molecule has 0 aromatic heterocycles. The maximum Gasteiger partial charge on any atom is 0.0402 e. The average Bonchev–Trinajstić information content (AvgIpc) is 2.93. The van der Waals surface area contributed by atoms with Crippen molar-refractivity contribution in [1.82, 2.24) is 0 Å². The van der Waals surface area contributed by atoms with Crippen molar-refractivity contribution in [2.24, 2.45) is 0 Å². The van der Waals surface area contributed by atoms with Crippen LogP contribution in [0.2, 0.25) is 0 Å². The molecule has 0 amide bonds. The van der Waals surface area contributed by atoms with Crippen molar-refractivity contribution in [2.45, 2.75) is 6.92 Å². The molecule has 0 atom stereocenters. The van der Waals surface area contributed by atoms with E-state index < -0.39 is 7.92 Å². The Labute approximate surface area is 205 Å². The second kappa shape index (κ2) is 14.6. The van der Waals surface area contributed by atoms with E-state index in [4.69, 9.17) is 5.11 Å². The minimum absolute atomic E-state index is 0.250. The topological polar surface area (TPSA) is 20.2 Å². The minimum atomic E-state index is -0.446. The van der Waals surface area contributed by atoms with E-state index >= 15 is 0 Å². The molecule has 0 unspecified atom stereocenters. The molecule has 5 rings (SSSR count). The molecule has 0 bridgehead atoms. The third-order valence-electron chi connectivity index (χ3n) is 4.92. The van der Waals surface area contributed by atoms with Crippen molar-refractivity contribution in [3.05, 3.63) is 152 Å². The highest BCUT2D eigenvalue weighted by Gasteiger charge is 2.14. The number of aliphatic hydroxyl groups excluding tert-OH is 1. The monoisotopic (exact) mass is 462 g/mol. The molecule has 0 aliphatic heterocycles. The molecule has 1 N–H and O–H groups in total. The fraction of sp³-hybridized carbons (Fsp3) is 0.0625. The van der Waals surface area contributed by atoms with Crippen LogP contribution in [-0.2, 0) is 0 Å². The lowest BCUT2D eigenvalue weighted by molar-refractivity contribution is 0.318. The first-order valence-electron chi connectivity index (χ1n) is 11.5. The van der Waals surface area contributed by atoms with Gasteiger partial charge in [0, 0.05) is 6.61 Å². The van der Waals surface area contributed by atoms with Gasteiger partial charge in [0.15, 0.2) is 0 Å². The Hall–Kier alpha value is -3.51. The average molecular weight is 463 g/mol. The Morgan fingerprint density at radius 2 is 0.618 bits per heavy atom. The zero-order valence-corrected chi connectivity index (χ0v) is 20.4. The van der Waals surface area contributed by atoms with Crippen LogP contribution in [0, 0.1) is 0 Å². The second-order valence-electron chi connectivity index (χ2n) is 7.39. The van der Waals surface area contributed by atoms with Crippen LogP contribution >= 0.6 is 7.92 Å². The van der Waals surface area contributed by atoms with Gasteiger partial charge in [-0.25, -0.2) is 0 Å². The van der Waals surface area contributed by atoms with Crippen LogP contribution in [0.4, 0.5) is 0 Å². The molecule has 0 fully saturated rings. The van der Waals surface area contributed by atoms with Gasteiger partial charge < -0.3 is 5.11 Å². The Morgan fingerprint density at radius 1 is 0.412 bits per heavy atom. The predicted molar refractivity (Wildman–Crippen MR) is 150 cm³/mol. The summed E-state index contributed by atoms with van der Waals surface area (Å²) in [6.45, 7) is 1.93. The van der Waals surface area contributed by atoms with Gasteiger partial charge >= 0.3 is 0 Å².